The van der Waals surface area contributed by atoms with Gasteiger partial charge in [-0.05, 0) is 36.6 Å². The Morgan fingerprint density at radius 3 is 2.52 bits per heavy atom. The Morgan fingerprint density at radius 2 is 1.90 bits per heavy atom. The Hall–Kier alpha value is -1.42. The summed E-state index contributed by atoms with van der Waals surface area (Å²) >= 11 is 5.81. The Balaban J connectivity index is 2.02. The van der Waals surface area contributed by atoms with Gasteiger partial charge in [-0.2, -0.15) is 0 Å². The SMILES string of the molecule is CC(N[C@@H](CO)Cc1ccccc1)c1ccc(F)c(Cl)c1. The highest BCUT2D eigenvalue weighted by Crippen LogP contribution is 2.21. The van der Waals surface area contributed by atoms with Crippen LogP contribution in [0.5, 0.6) is 0 Å². The molecule has 2 nitrogen and oxygen atoms in total. The van der Waals surface area contributed by atoms with Gasteiger partial charge in [0, 0.05) is 12.1 Å². The average molecular weight is 308 g/mol. The molecule has 21 heavy (non-hydrogen) atoms. The first-order chi connectivity index (χ1) is 10.1. The normalized spacial score (nSPS) is 13.9. The standard InChI is InChI=1S/C17H19ClFNO/c1-12(14-7-8-17(19)16(18)10-14)20-15(11-21)9-13-5-3-2-4-6-13/h2-8,10,12,15,20-21H,9,11H2,1H3/t12?,15-/m1/s1. The highest BCUT2D eigenvalue weighted by Gasteiger charge is 2.14. The summed E-state index contributed by atoms with van der Waals surface area (Å²) in [5.74, 6) is -0.421. The molecule has 112 valence electrons. The van der Waals surface area contributed by atoms with Crippen molar-refractivity contribution >= 4 is 11.6 Å². The van der Waals surface area contributed by atoms with E-state index in [9.17, 15) is 9.50 Å². The summed E-state index contributed by atoms with van der Waals surface area (Å²) in [6.45, 7) is 2.01. The van der Waals surface area contributed by atoms with Crippen LogP contribution >= 0.6 is 11.6 Å². The number of aliphatic hydroxyl groups excluding tert-OH is 1. The zero-order valence-electron chi connectivity index (χ0n) is 11.9. The summed E-state index contributed by atoms with van der Waals surface area (Å²) in [5, 5.41) is 13.0. The molecule has 0 saturated heterocycles. The first-order valence-corrected chi connectivity index (χ1v) is 7.33. The molecular formula is C17H19ClFNO. The second-order valence-electron chi connectivity index (χ2n) is 5.13. The van der Waals surface area contributed by atoms with E-state index in [-0.39, 0.29) is 23.7 Å². The second-order valence-corrected chi connectivity index (χ2v) is 5.54. The molecule has 2 N–H and O–H groups in total. The molecule has 0 aliphatic rings. The van der Waals surface area contributed by atoms with Gasteiger partial charge in [-0.15, -0.1) is 0 Å². The lowest BCUT2D eigenvalue weighted by Crippen LogP contribution is -2.36. The molecule has 1 unspecified atom stereocenters. The van der Waals surface area contributed by atoms with Crippen molar-refractivity contribution in [3.05, 3.63) is 70.5 Å². The highest BCUT2D eigenvalue weighted by molar-refractivity contribution is 6.30. The van der Waals surface area contributed by atoms with Crippen molar-refractivity contribution in [1.29, 1.82) is 0 Å². The molecule has 2 atom stereocenters. The fourth-order valence-corrected chi connectivity index (χ4v) is 2.50. The number of nitrogens with one attached hydrogen (secondary N) is 1. The van der Waals surface area contributed by atoms with Crippen molar-refractivity contribution in [3.8, 4) is 0 Å². The minimum absolute atomic E-state index is 0.0241. The van der Waals surface area contributed by atoms with Crippen LogP contribution < -0.4 is 5.32 Å². The average Bonchev–Trinajstić information content (AvgIpc) is 2.50. The predicted molar refractivity (Wildman–Crippen MR) is 84.0 cm³/mol. The largest absolute Gasteiger partial charge is 0.395 e. The van der Waals surface area contributed by atoms with Crippen LogP contribution in [0.25, 0.3) is 0 Å². The fraction of sp³-hybridized carbons (Fsp3) is 0.294. The van der Waals surface area contributed by atoms with E-state index < -0.39 is 5.82 Å². The third kappa shape index (κ3) is 4.53. The fourth-order valence-electron chi connectivity index (χ4n) is 2.31. The predicted octanol–water partition coefficient (Wildman–Crippen LogP) is 3.73. The van der Waals surface area contributed by atoms with Crippen molar-refractivity contribution in [2.75, 3.05) is 6.61 Å². The van der Waals surface area contributed by atoms with Crippen LogP contribution in [0.2, 0.25) is 5.02 Å². The molecule has 2 rings (SSSR count). The van der Waals surface area contributed by atoms with Gasteiger partial charge >= 0.3 is 0 Å². The number of hydrogen-bond acceptors (Lipinski definition) is 2. The summed E-state index contributed by atoms with van der Waals surface area (Å²) in [7, 11) is 0. The molecule has 0 aliphatic heterocycles. The minimum atomic E-state index is -0.421. The number of aliphatic hydroxyl groups is 1. The van der Waals surface area contributed by atoms with Crippen LogP contribution in [0, 0.1) is 5.82 Å². The zero-order chi connectivity index (χ0) is 15.2. The quantitative estimate of drug-likeness (QED) is 0.852. The van der Waals surface area contributed by atoms with E-state index in [2.05, 4.69) is 5.32 Å². The summed E-state index contributed by atoms with van der Waals surface area (Å²) < 4.78 is 13.2. The van der Waals surface area contributed by atoms with Gasteiger partial charge in [-0.3, -0.25) is 0 Å². The Labute approximate surface area is 129 Å². The molecule has 0 heterocycles. The lowest BCUT2D eigenvalue weighted by Gasteiger charge is -2.22. The van der Waals surface area contributed by atoms with Crippen LogP contribution in [-0.4, -0.2) is 17.8 Å². The van der Waals surface area contributed by atoms with Gasteiger partial charge in [0.25, 0.3) is 0 Å². The maximum absolute atomic E-state index is 13.2. The summed E-state index contributed by atoms with van der Waals surface area (Å²) in [5.41, 5.74) is 2.06. The van der Waals surface area contributed by atoms with Crippen molar-refractivity contribution in [2.24, 2.45) is 0 Å². The van der Waals surface area contributed by atoms with Crippen LogP contribution in [0.1, 0.15) is 24.1 Å². The molecule has 0 amide bonds. The number of hydrogen-bond donors (Lipinski definition) is 2. The molecule has 2 aromatic carbocycles. The van der Waals surface area contributed by atoms with Crippen LogP contribution in [0.3, 0.4) is 0 Å². The van der Waals surface area contributed by atoms with Gasteiger partial charge in [0.15, 0.2) is 0 Å². The molecule has 0 radical (unpaired) electrons. The Bertz CT molecular complexity index is 576. The van der Waals surface area contributed by atoms with Gasteiger partial charge in [-0.25, -0.2) is 4.39 Å². The molecule has 0 fully saturated rings. The lowest BCUT2D eigenvalue weighted by molar-refractivity contribution is 0.232. The van der Waals surface area contributed by atoms with Gasteiger partial charge < -0.3 is 10.4 Å². The van der Waals surface area contributed by atoms with Crippen LogP contribution in [0.4, 0.5) is 4.39 Å². The molecule has 0 saturated carbocycles. The van der Waals surface area contributed by atoms with E-state index in [0.717, 1.165) is 17.5 Å². The van der Waals surface area contributed by atoms with E-state index in [1.54, 1.807) is 12.1 Å². The van der Waals surface area contributed by atoms with Crippen molar-refractivity contribution < 1.29 is 9.50 Å². The van der Waals surface area contributed by atoms with Gasteiger partial charge in [0.1, 0.15) is 5.82 Å². The topological polar surface area (TPSA) is 32.3 Å². The summed E-state index contributed by atoms with van der Waals surface area (Å²) in [6.07, 6.45) is 0.733. The molecule has 0 aliphatic carbocycles. The Kier molecular flexibility index (Phi) is 5.74. The summed E-state index contributed by atoms with van der Waals surface area (Å²) in [6, 6.07) is 14.6. The van der Waals surface area contributed by atoms with Crippen molar-refractivity contribution in [1.82, 2.24) is 5.32 Å². The number of rotatable bonds is 6. The van der Waals surface area contributed by atoms with Gasteiger partial charge in [-0.1, -0.05) is 48.0 Å². The third-order valence-electron chi connectivity index (χ3n) is 3.47. The highest BCUT2D eigenvalue weighted by atomic mass is 35.5. The van der Waals surface area contributed by atoms with Gasteiger partial charge in [0.2, 0.25) is 0 Å². The van der Waals surface area contributed by atoms with Crippen LogP contribution in [0.15, 0.2) is 48.5 Å². The minimum Gasteiger partial charge on any atom is -0.395 e. The first kappa shape index (κ1) is 16.0. The molecule has 0 bridgehead atoms. The molecular weight excluding hydrogens is 289 g/mol. The molecule has 0 aromatic heterocycles. The van der Waals surface area contributed by atoms with Crippen molar-refractivity contribution in [2.45, 2.75) is 25.4 Å². The Morgan fingerprint density at radius 1 is 1.19 bits per heavy atom. The van der Waals surface area contributed by atoms with E-state index in [1.165, 1.54) is 6.07 Å². The lowest BCUT2D eigenvalue weighted by atomic mass is 10.0. The zero-order valence-corrected chi connectivity index (χ0v) is 12.6. The molecule has 4 heteroatoms. The van der Waals surface area contributed by atoms with Crippen molar-refractivity contribution in [3.63, 3.8) is 0 Å². The van der Waals surface area contributed by atoms with E-state index in [0.29, 0.717) is 0 Å². The first-order valence-electron chi connectivity index (χ1n) is 6.96. The summed E-state index contributed by atoms with van der Waals surface area (Å²) in [4.78, 5) is 0. The maximum Gasteiger partial charge on any atom is 0.141 e. The third-order valence-corrected chi connectivity index (χ3v) is 3.76. The smallest absolute Gasteiger partial charge is 0.141 e. The van der Waals surface area contributed by atoms with E-state index in [1.807, 2.05) is 37.3 Å². The number of halogens is 2. The second kappa shape index (κ2) is 7.55. The van der Waals surface area contributed by atoms with Gasteiger partial charge in [0.05, 0.1) is 11.6 Å². The van der Waals surface area contributed by atoms with E-state index in [4.69, 9.17) is 11.6 Å². The monoisotopic (exact) mass is 307 g/mol. The van der Waals surface area contributed by atoms with Crippen LogP contribution in [-0.2, 0) is 6.42 Å². The maximum atomic E-state index is 13.2. The molecule has 2 aromatic rings. The number of benzene rings is 2. The van der Waals surface area contributed by atoms with E-state index >= 15 is 0 Å². The molecule has 0 spiro atoms.